The molecule has 0 N–H and O–H groups in total. The molecule has 10 heteroatoms. The van der Waals surface area contributed by atoms with Crippen LogP contribution in [0.4, 0.5) is 10.1 Å². The maximum absolute atomic E-state index is 15.0. The van der Waals surface area contributed by atoms with Crippen molar-refractivity contribution in [3.8, 4) is 39.6 Å². The molecule has 0 saturated heterocycles. The molecule has 0 fully saturated rings. The van der Waals surface area contributed by atoms with Crippen LogP contribution in [0.15, 0.2) is 108 Å². The van der Waals surface area contributed by atoms with Gasteiger partial charge in [-0.1, -0.05) is 65.7 Å². The number of ketones is 1. The number of halogens is 3. The van der Waals surface area contributed by atoms with Gasteiger partial charge in [-0.05, 0) is 73.2 Å². The topological polar surface area (TPSA) is 84.3 Å². The van der Waals surface area contributed by atoms with Gasteiger partial charge in [-0.2, -0.15) is 5.26 Å². The van der Waals surface area contributed by atoms with Crippen molar-refractivity contribution in [1.29, 1.82) is 5.26 Å². The Bertz CT molecular complexity index is 2390. The zero-order valence-corrected chi connectivity index (χ0v) is 26.3. The standard InChI is InChI=1S/C36H20Cl2FN3O3S/c1-21(43)22-9-15-29(31(38)18-22)23-5-3-6-24(17-23)36-35(34-25(20-40)7-4-8-32(34)41-2)30-19-27(39)12-16-33(30)42(36)46(44,45)28-13-10-26(37)11-14-28/h3-19H,1H3. The first-order valence-electron chi connectivity index (χ1n) is 13.7. The maximum Gasteiger partial charge on any atom is 0.268 e. The van der Waals surface area contributed by atoms with Crippen LogP contribution in [0.25, 0.3) is 49.3 Å². The predicted octanol–water partition coefficient (Wildman–Crippen LogP) is 9.95. The van der Waals surface area contributed by atoms with Crippen LogP contribution >= 0.6 is 23.2 Å². The normalized spacial score (nSPS) is 11.3. The highest BCUT2D eigenvalue weighted by Crippen LogP contribution is 2.48. The number of hydrogen-bond donors (Lipinski definition) is 0. The molecule has 1 heterocycles. The first-order valence-corrected chi connectivity index (χ1v) is 15.9. The first kappa shape index (κ1) is 30.8. The lowest BCUT2D eigenvalue weighted by atomic mass is 9.92. The molecule has 46 heavy (non-hydrogen) atoms. The zero-order valence-electron chi connectivity index (χ0n) is 23.9. The minimum Gasteiger partial charge on any atom is -0.295 e. The average Bonchev–Trinajstić information content (AvgIpc) is 3.39. The third-order valence-corrected chi connectivity index (χ3v) is 9.89. The van der Waals surface area contributed by atoms with Gasteiger partial charge in [0.05, 0.1) is 28.7 Å². The van der Waals surface area contributed by atoms with Gasteiger partial charge in [0.1, 0.15) is 5.82 Å². The number of benzene rings is 5. The second-order valence-electron chi connectivity index (χ2n) is 10.4. The van der Waals surface area contributed by atoms with Gasteiger partial charge in [-0.3, -0.25) is 4.79 Å². The molecule has 0 bridgehead atoms. The van der Waals surface area contributed by atoms with E-state index in [4.69, 9.17) is 29.8 Å². The zero-order chi connectivity index (χ0) is 32.7. The van der Waals surface area contributed by atoms with Gasteiger partial charge >= 0.3 is 0 Å². The lowest BCUT2D eigenvalue weighted by Gasteiger charge is -2.16. The number of carbonyl (C=O) groups is 1. The van der Waals surface area contributed by atoms with Crippen molar-refractivity contribution >= 4 is 55.6 Å². The van der Waals surface area contributed by atoms with Crippen LogP contribution in [0.3, 0.4) is 0 Å². The van der Waals surface area contributed by atoms with Crippen molar-refractivity contribution in [3.05, 3.63) is 142 Å². The molecule has 1 aromatic heterocycles. The lowest BCUT2D eigenvalue weighted by molar-refractivity contribution is 0.101. The third kappa shape index (κ3) is 5.23. The van der Waals surface area contributed by atoms with Crippen LogP contribution in [-0.4, -0.2) is 18.2 Å². The minimum absolute atomic E-state index is 0.0797. The van der Waals surface area contributed by atoms with Gasteiger partial charge < -0.3 is 0 Å². The van der Waals surface area contributed by atoms with E-state index in [0.717, 1.165) is 10.0 Å². The Morgan fingerprint density at radius 3 is 2.28 bits per heavy atom. The summed E-state index contributed by atoms with van der Waals surface area (Å²) in [5.41, 5.74) is 2.83. The van der Waals surface area contributed by atoms with E-state index in [2.05, 4.69) is 10.9 Å². The number of Topliss-reactive ketones (excluding diaryl/α,β-unsaturated/α-hetero) is 1. The van der Waals surface area contributed by atoms with Crippen molar-refractivity contribution < 1.29 is 17.6 Å². The van der Waals surface area contributed by atoms with E-state index in [9.17, 15) is 22.9 Å². The molecule has 0 aliphatic carbocycles. The number of hydrogen-bond acceptors (Lipinski definition) is 4. The highest BCUT2D eigenvalue weighted by atomic mass is 35.5. The quantitative estimate of drug-likeness (QED) is 0.131. The first-order chi connectivity index (χ1) is 22.0. The van der Waals surface area contributed by atoms with Crippen molar-refractivity contribution in [2.24, 2.45) is 0 Å². The Kier molecular flexibility index (Phi) is 7.97. The monoisotopic (exact) mass is 663 g/mol. The summed E-state index contributed by atoms with van der Waals surface area (Å²) >= 11 is 12.7. The molecule has 6 aromatic rings. The molecule has 0 saturated carbocycles. The van der Waals surface area contributed by atoms with Crippen LogP contribution in [0, 0.1) is 23.7 Å². The lowest BCUT2D eigenvalue weighted by Crippen LogP contribution is -2.14. The van der Waals surface area contributed by atoms with Gasteiger partial charge in [0.25, 0.3) is 10.0 Å². The van der Waals surface area contributed by atoms with Crippen molar-refractivity contribution in [1.82, 2.24) is 3.97 Å². The van der Waals surface area contributed by atoms with Crippen LogP contribution < -0.4 is 0 Å². The summed E-state index contributed by atoms with van der Waals surface area (Å²) < 4.78 is 45.2. The SMILES string of the molecule is [C-]#[N+]c1cccc(C#N)c1-c1c(-c2cccc(-c3ccc(C(C)=O)cc3Cl)c2)n(S(=O)(=O)c2ccc(Cl)cc2)c2ccc(F)cc12. The average molecular weight is 665 g/mol. The fourth-order valence-corrected chi connectivity index (χ4v) is 7.46. The van der Waals surface area contributed by atoms with Crippen molar-refractivity contribution in [3.63, 3.8) is 0 Å². The maximum atomic E-state index is 15.0. The summed E-state index contributed by atoms with van der Waals surface area (Å²) in [5, 5.41) is 11.0. The fraction of sp³-hybridized carbons (Fsp3) is 0.0278. The highest BCUT2D eigenvalue weighted by molar-refractivity contribution is 7.90. The highest BCUT2D eigenvalue weighted by Gasteiger charge is 2.31. The molecule has 0 aliphatic heterocycles. The van der Waals surface area contributed by atoms with Crippen molar-refractivity contribution in [2.75, 3.05) is 0 Å². The molecule has 0 radical (unpaired) electrons. The molecule has 0 aliphatic rings. The van der Waals surface area contributed by atoms with Crippen LogP contribution in [-0.2, 0) is 10.0 Å². The summed E-state index contributed by atoms with van der Waals surface area (Å²) in [6.07, 6.45) is 0. The largest absolute Gasteiger partial charge is 0.295 e. The molecule has 0 unspecified atom stereocenters. The van der Waals surface area contributed by atoms with E-state index in [1.807, 2.05) is 0 Å². The molecule has 5 aromatic carbocycles. The van der Waals surface area contributed by atoms with E-state index in [0.29, 0.717) is 32.3 Å². The van der Waals surface area contributed by atoms with Gasteiger partial charge in [-0.25, -0.2) is 21.6 Å². The number of nitrogens with zero attached hydrogens (tertiary/aromatic N) is 3. The number of carbonyl (C=O) groups excluding carboxylic acids is 1. The third-order valence-electron chi connectivity index (χ3n) is 7.59. The van der Waals surface area contributed by atoms with Crippen LogP contribution in [0.1, 0.15) is 22.8 Å². The second-order valence-corrected chi connectivity index (χ2v) is 13.0. The van der Waals surface area contributed by atoms with Gasteiger partial charge in [0.2, 0.25) is 0 Å². The van der Waals surface area contributed by atoms with Crippen molar-refractivity contribution in [2.45, 2.75) is 11.8 Å². The molecule has 6 rings (SSSR count). The number of aromatic nitrogens is 1. The summed E-state index contributed by atoms with van der Waals surface area (Å²) in [4.78, 5) is 15.5. The summed E-state index contributed by atoms with van der Waals surface area (Å²) in [6.45, 7) is 9.34. The molecular formula is C36H20Cl2FN3O3S. The molecule has 0 amide bonds. The Labute approximate surface area is 274 Å². The number of nitriles is 1. The van der Waals surface area contributed by atoms with Crippen LogP contribution in [0.2, 0.25) is 10.0 Å². The summed E-state index contributed by atoms with van der Waals surface area (Å²) in [5.74, 6) is -0.783. The van der Waals surface area contributed by atoms with E-state index in [-0.39, 0.29) is 49.7 Å². The summed E-state index contributed by atoms with van der Waals surface area (Å²) in [7, 11) is -4.39. The van der Waals surface area contributed by atoms with E-state index in [1.165, 1.54) is 55.5 Å². The number of fused-ring (bicyclic) bond motifs is 1. The molecule has 0 spiro atoms. The minimum atomic E-state index is -4.39. The molecule has 224 valence electrons. The van der Waals surface area contributed by atoms with Gasteiger partial charge in [0, 0.05) is 48.8 Å². The van der Waals surface area contributed by atoms with E-state index < -0.39 is 15.8 Å². The van der Waals surface area contributed by atoms with Gasteiger partial charge in [-0.15, -0.1) is 0 Å². The Morgan fingerprint density at radius 1 is 0.891 bits per heavy atom. The van der Waals surface area contributed by atoms with Gasteiger partial charge in [0.15, 0.2) is 11.5 Å². The molecule has 0 atom stereocenters. The molecular weight excluding hydrogens is 644 g/mol. The predicted molar refractivity (Wildman–Crippen MR) is 178 cm³/mol. The Morgan fingerprint density at radius 2 is 1.61 bits per heavy atom. The smallest absolute Gasteiger partial charge is 0.268 e. The fourth-order valence-electron chi connectivity index (χ4n) is 5.50. The molecule has 6 nitrogen and oxygen atoms in total. The van der Waals surface area contributed by atoms with Crippen LogP contribution in [0.5, 0.6) is 0 Å². The second kappa shape index (κ2) is 11.9. The van der Waals surface area contributed by atoms with E-state index >= 15 is 0 Å². The Balaban J connectivity index is 1.78. The van der Waals surface area contributed by atoms with E-state index in [1.54, 1.807) is 48.5 Å². The Hall–Kier alpha value is -5.25. The number of rotatable bonds is 6. The summed E-state index contributed by atoms with van der Waals surface area (Å²) in [6, 6.07) is 27.9.